The fraction of sp³-hybridized carbons (Fsp3) is 0.588. The molecule has 1 aromatic rings. The Morgan fingerprint density at radius 2 is 2.14 bits per heavy atom. The van der Waals surface area contributed by atoms with Crippen LogP contribution in [-0.4, -0.2) is 24.4 Å². The maximum atomic E-state index is 12.5. The minimum Gasteiger partial charge on any atom is -0.493 e. The van der Waals surface area contributed by atoms with Gasteiger partial charge < -0.3 is 10.1 Å². The third-order valence-electron chi connectivity index (χ3n) is 4.56. The number of hydrogen-bond acceptors (Lipinski definition) is 2. The molecule has 3 unspecified atom stereocenters. The van der Waals surface area contributed by atoms with Gasteiger partial charge in [-0.15, -0.1) is 11.6 Å². The topological polar surface area (TPSA) is 38.3 Å². The van der Waals surface area contributed by atoms with Crippen molar-refractivity contribution in [1.29, 1.82) is 0 Å². The summed E-state index contributed by atoms with van der Waals surface area (Å²) in [4.78, 5) is 12.5. The average molecular weight is 308 g/mol. The van der Waals surface area contributed by atoms with Gasteiger partial charge in [-0.25, -0.2) is 0 Å². The Bertz CT molecular complexity index is 505. The van der Waals surface area contributed by atoms with Crippen molar-refractivity contribution < 1.29 is 9.53 Å². The lowest BCUT2D eigenvalue weighted by atomic mass is 9.88. The van der Waals surface area contributed by atoms with Crippen LogP contribution in [0.5, 0.6) is 5.75 Å². The summed E-state index contributed by atoms with van der Waals surface area (Å²) < 4.78 is 5.61. The molecule has 1 heterocycles. The number of halogens is 1. The molecule has 1 saturated carbocycles. The Labute approximate surface area is 131 Å². The van der Waals surface area contributed by atoms with E-state index < -0.39 is 0 Å². The van der Waals surface area contributed by atoms with Crippen LogP contribution in [0.3, 0.4) is 0 Å². The predicted octanol–water partition coefficient (Wildman–Crippen LogP) is 3.47. The summed E-state index contributed by atoms with van der Waals surface area (Å²) in [6, 6.07) is 7.84. The van der Waals surface area contributed by atoms with Crippen LogP contribution < -0.4 is 10.1 Å². The van der Waals surface area contributed by atoms with Gasteiger partial charge in [-0.3, -0.25) is 4.79 Å². The Hall–Kier alpha value is -1.22. The first kappa shape index (κ1) is 14.7. The molecule has 1 aliphatic carbocycles. The van der Waals surface area contributed by atoms with E-state index in [0.717, 1.165) is 37.1 Å². The van der Waals surface area contributed by atoms with Crippen LogP contribution in [0.1, 0.15) is 43.6 Å². The van der Waals surface area contributed by atoms with Gasteiger partial charge in [0.2, 0.25) is 5.91 Å². The van der Waals surface area contributed by atoms with Crippen LogP contribution in [0.25, 0.3) is 0 Å². The molecule has 0 radical (unpaired) electrons. The van der Waals surface area contributed by atoms with Gasteiger partial charge in [0.05, 0.1) is 12.5 Å². The smallest absolute Gasteiger partial charge is 0.227 e. The zero-order valence-corrected chi connectivity index (χ0v) is 12.9. The van der Waals surface area contributed by atoms with E-state index in [-0.39, 0.29) is 17.2 Å². The van der Waals surface area contributed by atoms with Crippen molar-refractivity contribution in [1.82, 2.24) is 5.32 Å². The first-order valence-corrected chi connectivity index (χ1v) is 8.31. The number of fused-ring (bicyclic) bond motifs is 1. The number of hydrogen-bond donors (Lipinski definition) is 1. The normalized spacial score (nSPS) is 28.3. The van der Waals surface area contributed by atoms with E-state index in [0.29, 0.717) is 12.5 Å². The quantitative estimate of drug-likeness (QED) is 0.868. The molecule has 0 bridgehead atoms. The largest absolute Gasteiger partial charge is 0.493 e. The summed E-state index contributed by atoms with van der Waals surface area (Å²) in [5, 5.41) is 3.41. The molecule has 114 valence electrons. The Kier molecular flexibility index (Phi) is 4.69. The van der Waals surface area contributed by atoms with Gasteiger partial charge in [0, 0.05) is 17.5 Å². The lowest BCUT2D eigenvalue weighted by molar-refractivity contribution is -0.123. The van der Waals surface area contributed by atoms with Crippen molar-refractivity contribution in [3.8, 4) is 5.75 Å². The van der Waals surface area contributed by atoms with Crippen molar-refractivity contribution in [2.45, 2.75) is 43.4 Å². The van der Waals surface area contributed by atoms with Crippen LogP contribution in [-0.2, 0) is 4.79 Å². The predicted molar refractivity (Wildman–Crippen MR) is 83.9 cm³/mol. The van der Waals surface area contributed by atoms with Crippen molar-refractivity contribution >= 4 is 17.5 Å². The highest BCUT2D eigenvalue weighted by atomic mass is 35.5. The van der Waals surface area contributed by atoms with E-state index in [4.69, 9.17) is 16.3 Å². The molecule has 3 rings (SSSR count). The van der Waals surface area contributed by atoms with Gasteiger partial charge in [0.1, 0.15) is 5.75 Å². The number of ether oxygens (including phenoxy) is 1. The average Bonchev–Trinajstić information content (AvgIpc) is 2.52. The Balaban J connectivity index is 1.59. The molecule has 3 atom stereocenters. The lowest BCUT2D eigenvalue weighted by Gasteiger charge is -2.28. The number of carbonyl (C=O) groups excluding carboxylic acids is 1. The minimum absolute atomic E-state index is 0.0784. The zero-order valence-electron chi connectivity index (χ0n) is 12.2. The van der Waals surface area contributed by atoms with Crippen LogP contribution in [0, 0.1) is 5.92 Å². The van der Waals surface area contributed by atoms with Gasteiger partial charge in [-0.1, -0.05) is 24.6 Å². The molecule has 1 aromatic carbocycles. The second kappa shape index (κ2) is 6.69. The maximum Gasteiger partial charge on any atom is 0.227 e. The molecule has 21 heavy (non-hydrogen) atoms. The summed E-state index contributed by atoms with van der Waals surface area (Å²) in [6.45, 7) is 1.36. The molecule has 2 aliphatic rings. The molecule has 1 fully saturated rings. The van der Waals surface area contributed by atoms with E-state index in [1.165, 1.54) is 12.8 Å². The number of benzene rings is 1. The summed E-state index contributed by atoms with van der Waals surface area (Å²) in [6.07, 6.45) is 5.24. The molecule has 0 saturated heterocycles. The van der Waals surface area contributed by atoms with Crippen LogP contribution in [0.15, 0.2) is 24.3 Å². The van der Waals surface area contributed by atoms with Crippen LogP contribution in [0.4, 0.5) is 0 Å². The van der Waals surface area contributed by atoms with E-state index in [1.807, 2.05) is 24.3 Å². The summed E-state index contributed by atoms with van der Waals surface area (Å²) >= 11 is 6.21. The second-order valence-electron chi connectivity index (χ2n) is 6.10. The van der Waals surface area contributed by atoms with Crippen molar-refractivity contribution in [3.05, 3.63) is 29.8 Å². The third kappa shape index (κ3) is 3.52. The van der Waals surface area contributed by atoms with Gasteiger partial charge in [-0.2, -0.15) is 0 Å². The van der Waals surface area contributed by atoms with Crippen molar-refractivity contribution in [2.75, 3.05) is 13.2 Å². The summed E-state index contributed by atoms with van der Waals surface area (Å²) in [5.41, 5.74) is 1.01. The first-order chi connectivity index (χ1) is 10.2. The molecule has 1 amide bonds. The Morgan fingerprint density at radius 3 is 3.00 bits per heavy atom. The van der Waals surface area contributed by atoms with Crippen LogP contribution >= 0.6 is 11.6 Å². The second-order valence-corrected chi connectivity index (χ2v) is 6.72. The number of alkyl halides is 1. The molecule has 0 spiro atoms. The monoisotopic (exact) mass is 307 g/mol. The third-order valence-corrected chi connectivity index (χ3v) is 4.96. The minimum atomic E-state index is -0.0784. The van der Waals surface area contributed by atoms with E-state index in [2.05, 4.69) is 5.32 Å². The highest BCUT2D eigenvalue weighted by Gasteiger charge is 2.28. The van der Waals surface area contributed by atoms with Gasteiger partial charge in [-0.05, 0) is 37.7 Å². The summed E-state index contributed by atoms with van der Waals surface area (Å²) in [7, 11) is 0. The van der Waals surface area contributed by atoms with Crippen LogP contribution in [0.2, 0.25) is 0 Å². The molecule has 3 nitrogen and oxygen atoms in total. The standard InChI is InChI=1S/C17H22ClNO2/c18-13-5-3-4-12(10-13)11-19-17(20)15-8-9-21-16-7-2-1-6-14(15)16/h1-2,6-7,12-13,15H,3-5,8-11H2,(H,19,20). The van der Waals surface area contributed by atoms with Crippen molar-refractivity contribution in [2.24, 2.45) is 5.92 Å². The molecule has 0 aromatic heterocycles. The molecule has 1 N–H and O–H groups in total. The number of nitrogens with one attached hydrogen (secondary N) is 1. The van der Waals surface area contributed by atoms with E-state index >= 15 is 0 Å². The maximum absolute atomic E-state index is 12.5. The summed E-state index contributed by atoms with van der Waals surface area (Å²) in [5.74, 6) is 1.43. The Morgan fingerprint density at radius 1 is 1.29 bits per heavy atom. The van der Waals surface area contributed by atoms with E-state index in [1.54, 1.807) is 0 Å². The van der Waals surface area contributed by atoms with Gasteiger partial charge >= 0.3 is 0 Å². The highest BCUT2D eigenvalue weighted by Crippen LogP contribution is 2.33. The molecular formula is C17H22ClNO2. The highest BCUT2D eigenvalue weighted by molar-refractivity contribution is 6.20. The fourth-order valence-electron chi connectivity index (χ4n) is 3.39. The number of para-hydroxylation sites is 1. The molecule has 4 heteroatoms. The van der Waals surface area contributed by atoms with Crippen molar-refractivity contribution in [3.63, 3.8) is 0 Å². The molecule has 1 aliphatic heterocycles. The number of carbonyl (C=O) groups is 1. The molecular weight excluding hydrogens is 286 g/mol. The fourth-order valence-corrected chi connectivity index (χ4v) is 3.80. The van der Waals surface area contributed by atoms with Gasteiger partial charge in [0.15, 0.2) is 0 Å². The van der Waals surface area contributed by atoms with Gasteiger partial charge in [0.25, 0.3) is 0 Å². The number of amides is 1. The first-order valence-electron chi connectivity index (χ1n) is 7.87. The zero-order chi connectivity index (χ0) is 14.7. The lowest BCUT2D eigenvalue weighted by Crippen LogP contribution is -2.36. The van der Waals surface area contributed by atoms with E-state index in [9.17, 15) is 4.79 Å². The number of rotatable bonds is 3. The SMILES string of the molecule is O=C(NCC1CCCC(Cl)C1)C1CCOc2ccccc21.